The smallest absolute Gasteiger partial charge is 0.331 e. The van der Waals surface area contributed by atoms with Gasteiger partial charge in [0.25, 0.3) is 10.1 Å². The molecular weight excluding hydrogens is 380 g/mol. The van der Waals surface area contributed by atoms with Crippen molar-refractivity contribution in [2.45, 2.75) is 4.90 Å². The van der Waals surface area contributed by atoms with E-state index in [1.54, 1.807) is 18.2 Å². The Balaban J connectivity index is 1.87. The summed E-state index contributed by atoms with van der Waals surface area (Å²) >= 11 is 0. The summed E-state index contributed by atoms with van der Waals surface area (Å²) in [6, 6.07) is 7.92. The van der Waals surface area contributed by atoms with E-state index in [0.29, 0.717) is 39.6 Å². The van der Waals surface area contributed by atoms with E-state index in [1.807, 2.05) is 0 Å². The highest BCUT2D eigenvalue weighted by Crippen LogP contribution is 2.10. The zero-order valence-corrected chi connectivity index (χ0v) is 16.1. The zero-order chi connectivity index (χ0) is 19.8. The first-order chi connectivity index (χ1) is 13.1. The molecule has 0 N–H and O–H groups in total. The number of hydrogen-bond donors (Lipinski definition) is 0. The second kappa shape index (κ2) is 14.5. The van der Waals surface area contributed by atoms with Crippen LogP contribution in [0.2, 0.25) is 0 Å². The fraction of sp³-hybridized carbons (Fsp3) is 0.588. The molecule has 27 heavy (non-hydrogen) atoms. The summed E-state index contributed by atoms with van der Waals surface area (Å²) in [6.07, 6.45) is 0. The molecule has 154 valence electrons. The minimum atomic E-state index is -3.74. The van der Waals surface area contributed by atoms with Crippen molar-refractivity contribution in [3.05, 3.63) is 30.3 Å². The molecular formula is C17H26O9S. The van der Waals surface area contributed by atoms with Crippen molar-refractivity contribution >= 4 is 16.1 Å². The first-order valence-electron chi connectivity index (χ1n) is 8.38. The van der Waals surface area contributed by atoms with Gasteiger partial charge in [-0.25, -0.2) is 4.79 Å². The lowest BCUT2D eigenvalue weighted by atomic mass is 10.4. The molecule has 10 heteroatoms. The van der Waals surface area contributed by atoms with Gasteiger partial charge >= 0.3 is 5.97 Å². The van der Waals surface area contributed by atoms with Crippen LogP contribution in [-0.4, -0.2) is 81.0 Å². The highest BCUT2D eigenvalue weighted by atomic mass is 32.2. The van der Waals surface area contributed by atoms with Crippen molar-refractivity contribution in [1.29, 1.82) is 0 Å². The van der Waals surface area contributed by atoms with Crippen LogP contribution < -0.4 is 0 Å². The minimum Gasteiger partial charge on any atom is -0.467 e. The molecule has 0 bridgehead atoms. The van der Waals surface area contributed by atoms with E-state index in [0.717, 1.165) is 0 Å². The summed E-state index contributed by atoms with van der Waals surface area (Å²) in [5, 5.41) is 0. The molecule has 0 aliphatic heterocycles. The number of esters is 1. The van der Waals surface area contributed by atoms with Crippen LogP contribution in [0.3, 0.4) is 0 Å². The van der Waals surface area contributed by atoms with Crippen LogP contribution in [0.4, 0.5) is 0 Å². The van der Waals surface area contributed by atoms with E-state index in [-0.39, 0.29) is 24.7 Å². The molecule has 1 aromatic carbocycles. The van der Waals surface area contributed by atoms with Crippen molar-refractivity contribution in [1.82, 2.24) is 0 Å². The lowest BCUT2D eigenvalue weighted by Gasteiger charge is -2.08. The maximum Gasteiger partial charge on any atom is 0.331 e. The fourth-order valence-electron chi connectivity index (χ4n) is 1.73. The molecule has 0 heterocycles. The Bertz CT molecular complexity index is 604. The molecule has 0 aliphatic rings. The van der Waals surface area contributed by atoms with E-state index in [4.69, 9.17) is 23.1 Å². The van der Waals surface area contributed by atoms with Crippen LogP contribution in [0.25, 0.3) is 0 Å². The van der Waals surface area contributed by atoms with Crippen LogP contribution >= 0.6 is 0 Å². The van der Waals surface area contributed by atoms with E-state index < -0.39 is 16.1 Å². The van der Waals surface area contributed by atoms with Gasteiger partial charge in [0, 0.05) is 0 Å². The fourth-order valence-corrected chi connectivity index (χ4v) is 2.65. The quantitative estimate of drug-likeness (QED) is 0.222. The van der Waals surface area contributed by atoms with E-state index in [9.17, 15) is 13.2 Å². The molecule has 1 rings (SSSR count). The first kappa shape index (κ1) is 23.5. The zero-order valence-electron chi connectivity index (χ0n) is 15.3. The summed E-state index contributed by atoms with van der Waals surface area (Å²) in [7, 11) is -2.45. The number of benzene rings is 1. The van der Waals surface area contributed by atoms with Gasteiger partial charge in [0.05, 0.1) is 64.9 Å². The van der Waals surface area contributed by atoms with Crippen LogP contribution in [0.15, 0.2) is 35.2 Å². The molecule has 0 atom stereocenters. The van der Waals surface area contributed by atoms with Gasteiger partial charge in [-0.05, 0) is 12.1 Å². The van der Waals surface area contributed by atoms with Gasteiger partial charge in [-0.1, -0.05) is 18.2 Å². The topological polar surface area (TPSA) is 107 Å². The molecule has 0 saturated carbocycles. The molecule has 0 spiro atoms. The minimum absolute atomic E-state index is 0.0636. The van der Waals surface area contributed by atoms with Crippen molar-refractivity contribution in [2.24, 2.45) is 0 Å². The molecule has 0 radical (unpaired) electrons. The Morgan fingerprint density at radius 2 is 1.26 bits per heavy atom. The third-order valence-corrected chi connectivity index (χ3v) is 4.39. The average Bonchev–Trinajstić information content (AvgIpc) is 2.68. The molecule has 0 amide bonds. The highest BCUT2D eigenvalue weighted by molar-refractivity contribution is 7.86. The number of carbonyl (C=O) groups excluding carboxylic acids is 1. The van der Waals surface area contributed by atoms with Crippen LogP contribution in [0, 0.1) is 0 Å². The SMILES string of the molecule is COC(=O)COCCOCCOCCOCCOS(=O)(=O)c1ccccc1. The summed E-state index contributed by atoms with van der Waals surface area (Å²) in [5.74, 6) is -0.429. The molecule has 0 fully saturated rings. The Hall–Kier alpha value is -1.56. The third kappa shape index (κ3) is 11.7. The summed E-state index contributed by atoms with van der Waals surface area (Å²) in [5.41, 5.74) is 0. The maximum absolute atomic E-state index is 11.8. The van der Waals surface area contributed by atoms with E-state index in [2.05, 4.69) is 4.74 Å². The van der Waals surface area contributed by atoms with Gasteiger partial charge in [-0.15, -0.1) is 0 Å². The summed E-state index contributed by atoms with van der Waals surface area (Å²) in [4.78, 5) is 10.9. The van der Waals surface area contributed by atoms with Crippen molar-refractivity contribution in [2.75, 3.05) is 66.6 Å². The largest absolute Gasteiger partial charge is 0.467 e. The van der Waals surface area contributed by atoms with Crippen LogP contribution in [0.5, 0.6) is 0 Å². The number of ether oxygens (including phenoxy) is 5. The molecule has 9 nitrogen and oxygen atoms in total. The Labute approximate surface area is 159 Å². The van der Waals surface area contributed by atoms with Crippen LogP contribution in [-0.2, 0) is 42.8 Å². The normalized spacial score (nSPS) is 11.4. The van der Waals surface area contributed by atoms with Gasteiger partial charge in [0.15, 0.2) is 0 Å². The van der Waals surface area contributed by atoms with Gasteiger partial charge < -0.3 is 23.7 Å². The summed E-state index contributed by atoms with van der Waals surface area (Å²) in [6.45, 7) is 2.08. The van der Waals surface area contributed by atoms with E-state index in [1.165, 1.54) is 19.2 Å². The second-order valence-corrected chi connectivity index (χ2v) is 6.67. The molecule has 0 aliphatic carbocycles. The number of carbonyl (C=O) groups is 1. The Morgan fingerprint density at radius 3 is 1.78 bits per heavy atom. The lowest BCUT2D eigenvalue weighted by Crippen LogP contribution is -2.16. The Kier molecular flexibility index (Phi) is 12.6. The highest BCUT2D eigenvalue weighted by Gasteiger charge is 2.13. The monoisotopic (exact) mass is 406 g/mol. The standard InChI is InChI=1S/C17H26O9S/c1-21-17(18)15-25-12-11-23-8-7-22-9-10-24-13-14-26-27(19,20)16-5-3-2-4-6-16/h2-6H,7-15H2,1H3. The van der Waals surface area contributed by atoms with Crippen LogP contribution in [0.1, 0.15) is 0 Å². The molecule has 0 aromatic heterocycles. The maximum atomic E-state index is 11.8. The Morgan fingerprint density at radius 1 is 0.778 bits per heavy atom. The van der Waals surface area contributed by atoms with Gasteiger partial charge in [-0.2, -0.15) is 8.42 Å². The van der Waals surface area contributed by atoms with Crippen molar-refractivity contribution < 1.29 is 41.1 Å². The number of methoxy groups -OCH3 is 1. The predicted molar refractivity (Wildman–Crippen MR) is 94.9 cm³/mol. The van der Waals surface area contributed by atoms with Gasteiger partial charge in [-0.3, -0.25) is 4.18 Å². The van der Waals surface area contributed by atoms with E-state index >= 15 is 0 Å². The average molecular weight is 406 g/mol. The molecule has 1 aromatic rings. The lowest BCUT2D eigenvalue weighted by molar-refractivity contribution is -0.146. The third-order valence-electron chi connectivity index (χ3n) is 3.06. The number of rotatable bonds is 16. The summed E-state index contributed by atoms with van der Waals surface area (Å²) < 4.78 is 53.7. The van der Waals surface area contributed by atoms with Gasteiger partial charge in [0.2, 0.25) is 0 Å². The van der Waals surface area contributed by atoms with Crippen molar-refractivity contribution in [3.63, 3.8) is 0 Å². The molecule has 0 saturated heterocycles. The van der Waals surface area contributed by atoms with Gasteiger partial charge in [0.1, 0.15) is 6.61 Å². The number of hydrogen-bond acceptors (Lipinski definition) is 9. The second-order valence-electron chi connectivity index (χ2n) is 5.05. The predicted octanol–water partition coefficient (Wildman–Crippen LogP) is 0.631. The molecule has 0 unspecified atom stereocenters. The van der Waals surface area contributed by atoms with Crippen molar-refractivity contribution in [3.8, 4) is 0 Å². The first-order valence-corrected chi connectivity index (χ1v) is 9.79.